The van der Waals surface area contributed by atoms with E-state index in [4.69, 9.17) is 21.1 Å². The van der Waals surface area contributed by atoms with Gasteiger partial charge in [-0.25, -0.2) is 8.42 Å². The molecule has 0 fully saturated rings. The summed E-state index contributed by atoms with van der Waals surface area (Å²) in [5.74, 6) is 0.245. The van der Waals surface area contributed by atoms with E-state index in [9.17, 15) is 13.2 Å². The third-order valence-corrected chi connectivity index (χ3v) is 5.23. The number of hydrogen-bond acceptors (Lipinski definition) is 5. The summed E-state index contributed by atoms with van der Waals surface area (Å²) in [6, 6.07) is 11.5. The van der Waals surface area contributed by atoms with E-state index in [-0.39, 0.29) is 6.54 Å². The maximum Gasteiger partial charge on any atom is 0.267 e. The second kappa shape index (κ2) is 7.05. The number of rotatable bonds is 4. The molecule has 0 spiro atoms. The monoisotopic (exact) mass is 396 g/mol. The smallest absolute Gasteiger partial charge is 0.267 e. The predicted octanol–water partition coefficient (Wildman–Crippen LogP) is 2.51. The van der Waals surface area contributed by atoms with E-state index in [1.807, 2.05) is 0 Å². The van der Waals surface area contributed by atoms with Crippen LogP contribution in [-0.2, 0) is 14.8 Å². The third-order valence-electron chi connectivity index (χ3n) is 3.85. The normalized spacial score (nSPS) is 16.4. The van der Waals surface area contributed by atoms with Gasteiger partial charge in [0.1, 0.15) is 11.5 Å². The number of ether oxygens (including phenoxy) is 2. The maximum absolute atomic E-state index is 12.7. The first kappa shape index (κ1) is 18.3. The van der Waals surface area contributed by atoms with E-state index in [2.05, 4.69) is 5.32 Å². The minimum absolute atomic E-state index is 0.134. The molecule has 1 aliphatic heterocycles. The van der Waals surface area contributed by atoms with Gasteiger partial charge < -0.3 is 14.8 Å². The summed E-state index contributed by atoms with van der Waals surface area (Å²) in [5, 5.41) is 3.10. The number of halogens is 1. The first-order chi connectivity index (χ1) is 12.3. The minimum Gasteiger partial charge on any atom is -0.495 e. The van der Waals surface area contributed by atoms with Crippen molar-refractivity contribution in [3.05, 3.63) is 47.5 Å². The van der Waals surface area contributed by atoms with E-state index in [1.165, 1.54) is 7.11 Å². The first-order valence-electron chi connectivity index (χ1n) is 7.67. The topological polar surface area (TPSA) is 84.9 Å². The number of sulfonamides is 1. The number of fused-ring (bicyclic) bond motifs is 1. The van der Waals surface area contributed by atoms with E-state index in [0.717, 1.165) is 10.6 Å². The van der Waals surface area contributed by atoms with Crippen LogP contribution in [0, 0.1) is 0 Å². The summed E-state index contributed by atoms with van der Waals surface area (Å²) < 4.78 is 36.3. The molecule has 1 atom stereocenters. The van der Waals surface area contributed by atoms with Crippen LogP contribution in [0.15, 0.2) is 42.5 Å². The average Bonchev–Trinajstić information content (AvgIpc) is 2.60. The van der Waals surface area contributed by atoms with Crippen LogP contribution >= 0.6 is 11.6 Å². The number of hydrogen-bond donors (Lipinski definition) is 1. The molecule has 2 aromatic carbocycles. The average molecular weight is 397 g/mol. The molecule has 2 aromatic rings. The molecule has 0 unspecified atom stereocenters. The van der Waals surface area contributed by atoms with Crippen molar-refractivity contribution in [1.82, 2.24) is 0 Å². The standard InChI is InChI=1S/C17H17ClN2O5S/c1-24-14-8-7-11(18)9-12(14)19-17(21)16-10-20(26(2,22)23)13-5-3-4-6-15(13)25-16/h3-9,16H,10H2,1-2H3,(H,19,21)/t16-/m0/s1. The lowest BCUT2D eigenvalue weighted by molar-refractivity contribution is -0.122. The number of nitrogens with zero attached hydrogens (tertiary/aromatic N) is 1. The molecule has 1 amide bonds. The van der Waals surface area contributed by atoms with Gasteiger partial charge in [0.05, 0.1) is 31.3 Å². The summed E-state index contributed by atoms with van der Waals surface area (Å²) in [7, 11) is -2.10. The molecule has 0 radical (unpaired) electrons. The highest BCUT2D eigenvalue weighted by molar-refractivity contribution is 7.92. The van der Waals surface area contributed by atoms with Gasteiger partial charge >= 0.3 is 0 Å². The number of methoxy groups -OCH3 is 1. The van der Waals surface area contributed by atoms with Crippen LogP contribution in [0.2, 0.25) is 5.02 Å². The molecule has 1 heterocycles. The predicted molar refractivity (Wildman–Crippen MR) is 99.7 cm³/mol. The van der Waals surface area contributed by atoms with Crippen molar-refractivity contribution in [2.45, 2.75) is 6.10 Å². The van der Waals surface area contributed by atoms with Crippen LogP contribution in [-0.4, -0.2) is 40.3 Å². The third kappa shape index (κ3) is 3.71. The van der Waals surface area contributed by atoms with Crippen molar-refractivity contribution in [3.8, 4) is 11.5 Å². The first-order valence-corrected chi connectivity index (χ1v) is 9.90. The van der Waals surface area contributed by atoms with Gasteiger partial charge in [-0.1, -0.05) is 23.7 Å². The number of amides is 1. The zero-order valence-electron chi connectivity index (χ0n) is 14.1. The van der Waals surface area contributed by atoms with Crippen molar-refractivity contribution in [2.75, 3.05) is 29.5 Å². The van der Waals surface area contributed by atoms with Crippen LogP contribution in [0.25, 0.3) is 0 Å². The number of para-hydroxylation sites is 2. The lowest BCUT2D eigenvalue weighted by atomic mass is 10.2. The zero-order chi connectivity index (χ0) is 18.9. The zero-order valence-corrected chi connectivity index (χ0v) is 15.7. The largest absolute Gasteiger partial charge is 0.495 e. The highest BCUT2D eigenvalue weighted by Crippen LogP contribution is 2.35. The molecule has 7 nitrogen and oxygen atoms in total. The maximum atomic E-state index is 12.7. The summed E-state index contributed by atoms with van der Waals surface area (Å²) in [6.45, 7) is -0.134. The molecular formula is C17H17ClN2O5S. The Hall–Kier alpha value is -2.45. The Morgan fingerprint density at radius 1 is 1.31 bits per heavy atom. The van der Waals surface area contributed by atoms with Gasteiger partial charge in [0.25, 0.3) is 5.91 Å². The molecular weight excluding hydrogens is 380 g/mol. The number of carbonyl (C=O) groups is 1. The van der Waals surface area contributed by atoms with Gasteiger partial charge in [-0.05, 0) is 30.3 Å². The van der Waals surface area contributed by atoms with Gasteiger partial charge in [0, 0.05) is 5.02 Å². The van der Waals surface area contributed by atoms with E-state index < -0.39 is 22.0 Å². The molecule has 3 rings (SSSR count). The summed E-state index contributed by atoms with van der Waals surface area (Å²) in [6.07, 6.45) is 0.0627. The van der Waals surface area contributed by atoms with Gasteiger partial charge in [-0.2, -0.15) is 0 Å². The molecule has 1 N–H and O–H groups in total. The molecule has 138 valence electrons. The number of carbonyl (C=O) groups excluding carboxylic acids is 1. The molecule has 0 saturated carbocycles. The fourth-order valence-electron chi connectivity index (χ4n) is 2.64. The summed E-state index contributed by atoms with van der Waals surface area (Å²) in [5.41, 5.74) is 0.776. The number of anilines is 2. The molecule has 0 saturated heterocycles. The van der Waals surface area contributed by atoms with E-state index in [1.54, 1.807) is 42.5 Å². The minimum atomic E-state index is -3.57. The lowest BCUT2D eigenvalue weighted by Crippen LogP contribution is -2.48. The number of benzene rings is 2. The van der Waals surface area contributed by atoms with E-state index >= 15 is 0 Å². The van der Waals surface area contributed by atoms with Crippen LogP contribution in [0.3, 0.4) is 0 Å². The second-order valence-electron chi connectivity index (χ2n) is 5.70. The molecule has 26 heavy (non-hydrogen) atoms. The Labute approximate surface area is 156 Å². The van der Waals surface area contributed by atoms with Crippen LogP contribution in [0.4, 0.5) is 11.4 Å². The lowest BCUT2D eigenvalue weighted by Gasteiger charge is -2.33. The number of nitrogens with one attached hydrogen (secondary N) is 1. The highest BCUT2D eigenvalue weighted by Gasteiger charge is 2.35. The Kier molecular flexibility index (Phi) is 4.97. The van der Waals surface area contributed by atoms with Crippen LogP contribution < -0.4 is 19.1 Å². The van der Waals surface area contributed by atoms with Crippen molar-refractivity contribution in [3.63, 3.8) is 0 Å². The Morgan fingerprint density at radius 3 is 2.73 bits per heavy atom. The second-order valence-corrected chi connectivity index (χ2v) is 8.05. The van der Waals surface area contributed by atoms with Crippen molar-refractivity contribution >= 4 is 38.9 Å². The Balaban J connectivity index is 1.89. The van der Waals surface area contributed by atoms with Crippen LogP contribution in [0.5, 0.6) is 11.5 Å². The molecule has 0 aromatic heterocycles. The van der Waals surface area contributed by atoms with Gasteiger partial charge in [-0.15, -0.1) is 0 Å². The molecule has 1 aliphatic rings. The van der Waals surface area contributed by atoms with Gasteiger partial charge in [0.2, 0.25) is 10.0 Å². The Morgan fingerprint density at radius 2 is 2.04 bits per heavy atom. The van der Waals surface area contributed by atoms with Crippen molar-refractivity contribution in [2.24, 2.45) is 0 Å². The molecule has 9 heteroatoms. The van der Waals surface area contributed by atoms with E-state index in [0.29, 0.717) is 27.9 Å². The van der Waals surface area contributed by atoms with Gasteiger partial charge in [-0.3, -0.25) is 9.10 Å². The highest BCUT2D eigenvalue weighted by atomic mass is 35.5. The molecule has 0 bridgehead atoms. The molecule has 0 aliphatic carbocycles. The summed E-state index contributed by atoms with van der Waals surface area (Å²) in [4.78, 5) is 12.7. The quantitative estimate of drug-likeness (QED) is 0.858. The van der Waals surface area contributed by atoms with Crippen molar-refractivity contribution in [1.29, 1.82) is 0 Å². The fourth-order valence-corrected chi connectivity index (χ4v) is 3.73. The Bertz CT molecular complexity index is 948. The fraction of sp³-hybridized carbons (Fsp3) is 0.235. The van der Waals surface area contributed by atoms with Gasteiger partial charge in [0.15, 0.2) is 6.10 Å². The van der Waals surface area contributed by atoms with Crippen LogP contribution in [0.1, 0.15) is 0 Å². The van der Waals surface area contributed by atoms with Crippen molar-refractivity contribution < 1.29 is 22.7 Å². The SMILES string of the molecule is COc1ccc(Cl)cc1NC(=O)[C@@H]1CN(S(C)(=O)=O)c2ccccc2O1. The summed E-state index contributed by atoms with van der Waals surface area (Å²) >= 11 is 5.97.